The first-order valence-corrected chi connectivity index (χ1v) is 4.53. The highest BCUT2D eigenvalue weighted by Gasteiger charge is 2.09. The van der Waals surface area contributed by atoms with Crippen molar-refractivity contribution in [2.75, 3.05) is 0 Å². The maximum Gasteiger partial charge on any atom is 0.120 e. The Morgan fingerprint density at radius 1 is 1.50 bits per heavy atom. The van der Waals surface area contributed by atoms with Crippen LogP contribution in [0.25, 0.3) is 0 Å². The van der Waals surface area contributed by atoms with Gasteiger partial charge >= 0.3 is 0 Å². The number of furan rings is 1. The molecule has 0 aromatic carbocycles. The summed E-state index contributed by atoms with van der Waals surface area (Å²) in [6.45, 7) is 6.47. The summed E-state index contributed by atoms with van der Waals surface area (Å²) >= 11 is 0. The van der Waals surface area contributed by atoms with E-state index in [1.54, 1.807) is 6.26 Å². The first-order chi connectivity index (χ1) is 5.74. The second-order valence-electron chi connectivity index (χ2n) is 3.21. The molecule has 2 nitrogen and oxygen atoms in total. The third kappa shape index (κ3) is 2.38. The quantitative estimate of drug-likeness (QED) is 0.746. The lowest BCUT2D eigenvalue weighted by atomic mass is 10.2. The first-order valence-electron chi connectivity index (χ1n) is 4.53. The van der Waals surface area contributed by atoms with Crippen molar-refractivity contribution < 1.29 is 4.42 Å². The van der Waals surface area contributed by atoms with Crippen LogP contribution in [-0.2, 0) is 0 Å². The van der Waals surface area contributed by atoms with E-state index in [-0.39, 0.29) is 0 Å². The first kappa shape index (κ1) is 9.33. The fourth-order valence-corrected chi connectivity index (χ4v) is 1.16. The number of nitrogens with one attached hydrogen (secondary N) is 1. The average molecular weight is 167 g/mol. The van der Waals surface area contributed by atoms with Gasteiger partial charge in [-0.3, -0.25) is 0 Å². The van der Waals surface area contributed by atoms with E-state index in [0.717, 1.165) is 12.2 Å². The van der Waals surface area contributed by atoms with Crippen LogP contribution in [0.15, 0.2) is 22.8 Å². The molecule has 68 valence electrons. The molecule has 1 N–H and O–H groups in total. The molecular formula is C10H17NO. The number of hydrogen-bond donors (Lipinski definition) is 1. The monoisotopic (exact) mass is 167 g/mol. The predicted octanol–water partition coefficient (Wildman–Crippen LogP) is 2.73. The van der Waals surface area contributed by atoms with Crippen LogP contribution in [0.3, 0.4) is 0 Å². The fraction of sp³-hybridized carbons (Fsp3) is 0.600. The van der Waals surface area contributed by atoms with Crippen molar-refractivity contribution >= 4 is 0 Å². The molecular weight excluding hydrogens is 150 g/mol. The molecule has 1 heterocycles. The fourth-order valence-electron chi connectivity index (χ4n) is 1.16. The lowest BCUT2D eigenvalue weighted by molar-refractivity contribution is 0.394. The maximum atomic E-state index is 5.28. The smallest absolute Gasteiger partial charge is 0.120 e. The second kappa shape index (κ2) is 4.31. The third-order valence-electron chi connectivity index (χ3n) is 2.12. The summed E-state index contributed by atoms with van der Waals surface area (Å²) in [7, 11) is 0. The summed E-state index contributed by atoms with van der Waals surface area (Å²) in [4.78, 5) is 0. The van der Waals surface area contributed by atoms with Crippen molar-refractivity contribution in [1.29, 1.82) is 0 Å². The third-order valence-corrected chi connectivity index (χ3v) is 2.12. The van der Waals surface area contributed by atoms with Crippen molar-refractivity contribution in [3.8, 4) is 0 Å². The Kier molecular flexibility index (Phi) is 3.35. The van der Waals surface area contributed by atoms with E-state index < -0.39 is 0 Å². The van der Waals surface area contributed by atoms with Gasteiger partial charge in [0.25, 0.3) is 0 Å². The SMILES string of the molecule is CC[C@H](C)N[C@H](C)c1ccco1. The Morgan fingerprint density at radius 2 is 2.25 bits per heavy atom. The van der Waals surface area contributed by atoms with E-state index in [1.165, 1.54) is 0 Å². The van der Waals surface area contributed by atoms with Crippen LogP contribution in [-0.4, -0.2) is 6.04 Å². The van der Waals surface area contributed by atoms with Gasteiger partial charge < -0.3 is 9.73 Å². The van der Waals surface area contributed by atoms with Crippen LogP contribution < -0.4 is 5.32 Å². The van der Waals surface area contributed by atoms with Gasteiger partial charge in [0, 0.05) is 6.04 Å². The van der Waals surface area contributed by atoms with E-state index in [9.17, 15) is 0 Å². The van der Waals surface area contributed by atoms with Gasteiger partial charge in [-0.1, -0.05) is 6.92 Å². The topological polar surface area (TPSA) is 25.2 Å². The van der Waals surface area contributed by atoms with Crippen LogP contribution in [0, 0.1) is 0 Å². The highest BCUT2D eigenvalue weighted by molar-refractivity contribution is 5.03. The van der Waals surface area contributed by atoms with Gasteiger partial charge in [0.1, 0.15) is 5.76 Å². The molecule has 0 unspecified atom stereocenters. The minimum Gasteiger partial charge on any atom is -0.468 e. The molecule has 0 saturated heterocycles. The normalized spacial score (nSPS) is 15.9. The minimum absolute atomic E-state index is 0.315. The summed E-state index contributed by atoms with van der Waals surface area (Å²) in [5.41, 5.74) is 0. The molecule has 0 bridgehead atoms. The summed E-state index contributed by atoms with van der Waals surface area (Å²) in [6.07, 6.45) is 2.86. The zero-order valence-corrected chi connectivity index (χ0v) is 8.00. The summed E-state index contributed by atoms with van der Waals surface area (Å²) in [5.74, 6) is 1.01. The van der Waals surface area contributed by atoms with Gasteiger partial charge in [-0.05, 0) is 32.4 Å². The largest absolute Gasteiger partial charge is 0.468 e. The Hall–Kier alpha value is -0.760. The van der Waals surface area contributed by atoms with E-state index in [2.05, 4.69) is 26.1 Å². The van der Waals surface area contributed by atoms with Crippen molar-refractivity contribution in [3.63, 3.8) is 0 Å². The van der Waals surface area contributed by atoms with Crippen LogP contribution in [0.2, 0.25) is 0 Å². The van der Waals surface area contributed by atoms with Gasteiger partial charge in [-0.15, -0.1) is 0 Å². The van der Waals surface area contributed by atoms with E-state index in [4.69, 9.17) is 4.42 Å². The molecule has 0 fully saturated rings. The van der Waals surface area contributed by atoms with Crippen LogP contribution in [0.4, 0.5) is 0 Å². The number of rotatable bonds is 4. The number of hydrogen-bond acceptors (Lipinski definition) is 2. The molecule has 12 heavy (non-hydrogen) atoms. The molecule has 2 atom stereocenters. The molecule has 0 amide bonds. The molecule has 0 spiro atoms. The highest BCUT2D eigenvalue weighted by atomic mass is 16.3. The van der Waals surface area contributed by atoms with E-state index in [0.29, 0.717) is 12.1 Å². The zero-order chi connectivity index (χ0) is 8.97. The Morgan fingerprint density at radius 3 is 2.75 bits per heavy atom. The standard InChI is InChI=1S/C10H17NO/c1-4-8(2)11-9(3)10-6-5-7-12-10/h5-9,11H,4H2,1-3H3/t8-,9+/m0/s1. The zero-order valence-electron chi connectivity index (χ0n) is 8.00. The molecule has 0 aliphatic carbocycles. The van der Waals surface area contributed by atoms with Crippen LogP contribution in [0.1, 0.15) is 39.0 Å². The molecule has 1 aromatic rings. The molecule has 1 rings (SSSR count). The van der Waals surface area contributed by atoms with Gasteiger partial charge in [0.2, 0.25) is 0 Å². The molecule has 2 heteroatoms. The van der Waals surface area contributed by atoms with Gasteiger partial charge in [-0.25, -0.2) is 0 Å². The van der Waals surface area contributed by atoms with Gasteiger partial charge in [0.05, 0.1) is 12.3 Å². The Labute approximate surface area is 74.0 Å². The highest BCUT2D eigenvalue weighted by Crippen LogP contribution is 2.13. The Balaban J connectivity index is 2.44. The summed E-state index contributed by atoms with van der Waals surface area (Å²) in [6, 6.07) is 4.78. The molecule has 1 aromatic heterocycles. The van der Waals surface area contributed by atoms with E-state index in [1.807, 2.05) is 12.1 Å². The van der Waals surface area contributed by atoms with Crippen molar-refractivity contribution in [2.24, 2.45) is 0 Å². The summed E-state index contributed by atoms with van der Waals surface area (Å²) < 4.78 is 5.28. The molecule has 0 aliphatic heterocycles. The average Bonchev–Trinajstić information content (AvgIpc) is 2.56. The molecule has 0 saturated carbocycles. The van der Waals surface area contributed by atoms with E-state index >= 15 is 0 Å². The second-order valence-corrected chi connectivity index (χ2v) is 3.21. The predicted molar refractivity (Wildman–Crippen MR) is 50.0 cm³/mol. The summed E-state index contributed by atoms with van der Waals surface area (Å²) in [5, 5.41) is 3.44. The molecule has 0 radical (unpaired) electrons. The lowest BCUT2D eigenvalue weighted by Crippen LogP contribution is -2.27. The van der Waals surface area contributed by atoms with Gasteiger partial charge in [0.15, 0.2) is 0 Å². The van der Waals surface area contributed by atoms with Crippen molar-refractivity contribution in [3.05, 3.63) is 24.2 Å². The van der Waals surface area contributed by atoms with Crippen LogP contribution in [0.5, 0.6) is 0 Å². The lowest BCUT2D eigenvalue weighted by Gasteiger charge is -2.16. The Bertz CT molecular complexity index is 206. The van der Waals surface area contributed by atoms with Crippen molar-refractivity contribution in [2.45, 2.75) is 39.3 Å². The van der Waals surface area contributed by atoms with Crippen LogP contribution >= 0.6 is 0 Å². The van der Waals surface area contributed by atoms with Crippen molar-refractivity contribution in [1.82, 2.24) is 5.32 Å². The maximum absolute atomic E-state index is 5.28. The minimum atomic E-state index is 0.315. The van der Waals surface area contributed by atoms with Gasteiger partial charge in [-0.2, -0.15) is 0 Å². The molecule has 0 aliphatic rings.